The second-order valence-electron chi connectivity index (χ2n) is 4.51. The minimum Gasteiger partial charge on any atom is -0.460 e. The van der Waals surface area contributed by atoms with Gasteiger partial charge in [0.25, 0.3) is 0 Å². The fourth-order valence-corrected chi connectivity index (χ4v) is 1.82. The van der Waals surface area contributed by atoms with Crippen molar-refractivity contribution in [3.05, 3.63) is 41.4 Å². The van der Waals surface area contributed by atoms with E-state index in [2.05, 4.69) is 9.53 Å². The van der Waals surface area contributed by atoms with Crippen molar-refractivity contribution in [3.63, 3.8) is 0 Å². The van der Waals surface area contributed by atoms with Gasteiger partial charge in [0.05, 0.1) is 7.11 Å². The van der Waals surface area contributed by atoms with Crippen LogP contribution in [0, 0.1) is 0 Å². The van der Waals surface area contributed by atoms with Crippen molar-refractivity contribution in [2.45, 2.75) is 26.3 Å². The third-order valence-electron chi connectivity index (χ3n) is 2.97. The number of hydrogen-bond donors (Lipinski definition) is 0. The van der Waals surface area contributed by atoms with Crippen molar-refractivity contribution in [3.8, 4) is 0 Å². The topological polar surface area (TPSA) is 83.0 Å². The molecule has 1 aromatic carbocycles. The number of esters is 1. The molecule has 0 aliphatic heterocycles. The first kappa shape index (κ1) is 16.6. The molecule has 0 aliphatic carbocycles. The van der Waals surface area contributed by atoms with Crippen LogP contribution in [0.4, 0.5) is 0 Å². The van der Waals surface area contributed by atoms with Gasteiger partial charge in [-0.25, -0.2) is 4.79 Å². The van der Waals surface area contributed by atoms with Crippen molar-refractivity contribution < 1.29 is 19.1 Å². The van der Waals surface area contributed by atoms with Gasteiger partial charge >= 0.3 is 17.6 Å². The lowest BCUT2D eigenvalue weighted by molar-refractivity contribution is -0.142. The van der Waals surface area contributed by atoms with Gasteiger partial charge in [-0.2, -0.15) is 4.79 Å². The van der Waals surface area contributed by atoms with Crippen LogP contribution >= 0.6 is 0 Å². The van der Waals surface area contributed by atoms with Gasteiger partial charge in [0, 0.05) is 13.1 Å². The Morgan fingerprint density at radius 1 is 1.29 bits per heavy atom. The minimum absolute atomic E-state index is 0.343. The van der Waals surface area contributed by atoms with Gasteiger partial charge in [-0.3, -0.25) is 4.79 Å². The molecule has 0 aliphatic rings. The highest BCUT2D eigenvalue weighted by Gasteiger charge is 2.34. The highest BCUT2D eigenvalue weighted by Crippen LogP contribution is 2.07. The molecule has 0 bridgehead atoms. The maximum absolute atomic E-state index is 12.3. The normalized spacial score (nSPS) is 9.62. The van der Waals surface area contributed by atoms with Crippen molar-refractivity contribution in [1.82, 2.24) is 4.90 Å². The predicted molar refractivity (Wildman–Crippen MR) is 77.4 cm³/mol. The summed E-state index contributed by atoms with van der Waals surface area (Å²) < 4.78 is 4.45. The first-order chi connectivity index (χ1) is 10.1. The molecule has 1 aromatic rings. The van der Waals surface area contributed by atoms with E-state index in [1.165, 1.54) is 4.90 Å². The molecular formula is C15H19N3O3. The number of ether oxygens (including phenoxy) is 1. The van der Waals surface area contributed by atoms with Crippen LogP contribution < -0.4 is 0 Å². The summed E-state index contributed by atoms with van der Waals surface area (Å²) in [6.45, 7) is 2.82. The van der Waals surface area contributed by atoms with E-state index in [0.717, 1.165) is 25.5 Å². The van der Waals surface area contributed by atoms with Gasteiger partial charge in [-0.15, -0.1) is 0 Å². The van der Waals surface area contributed by atoms with Crippen LogP contribution in [0.15, 0.2) is 30.3 Å². The monoisotopic (exact) mass is 289 g/mol. The average Bonchev–Trinajstić information content (AvgIpc) is 2.52. The zero-order valence-corrected chi connectivity index (χ0v) is 12.3. The van der Waals surface area contributed by atoms with E-state index in [1.807, 2.05) is 37.3 Å². The van der Waals surface area contributed by atoms with Crippen LogP contribution in [0.3, 0.4) is 0 Å². The third kappa shape index (κ3) is 4.85. The largest absolute Gasteiger partial charge is 0.463 e. The fraction of sp³-hybridized carbons (Fsp3) is 0.400. The molecule has 6 heteroatoms. The maximum Gasteiger partial charge on any atom is 0.463 e. The van der Waals surface area contributed by atoms with E-state index in [4.69, 9.17) is 5.53 Å². The molecule has 21 heavy (non-hydrogen) atoms. The van der Waals surface area contributed by atoms with Crippen LogP contribution in [-0.4, -0.2) is 40.9 Å². The average molecular weight is 289 g/mol. The summed E-state index contributed by atoms with van der Waals surface area (Å²) in [5.74, 6) is -1.58. The highest BCUT2D eigenvalue weighted by atomic mass is 16.5. The number of carbonyl (C=O) groups excluding carboxylic acids is 2. The molecular weight excluding hydrogens is 270 g/mol. The molecule has 0 spiro atoms. The van der Waals surface area contributed by atoms with E-state index in [9.17, 15) is 9.59 Å². The van der Waals surface area contributed by atoms with Crippen LogP contribution in [-0.2, 0) is 20.9 Å². The second-order valence-corrected chi connectivity index (χ2v) is 4.51. The third-order valence-corrected chi connectivity index (χ3v) is 2.97. The van der Waals surface area contributed by atoms with Crippen molar-refractivity contribution in [2.75, 3.05) is 13.7 Å². The number of rotatable bonds is 7. The summed E-state index contributed by atoms with van der Waals surface area (Å²) in [5.41, 5.74) is 9.21. The first-order valence-electron chi connectivity index (χ1n) is 6.77. The van der Waals surface area contributed by atoms with Crippen molar-refractivity contribution in [2.24, 2.45) is 0 Å². The lowest BCUT2D eigenvalue weighted by Gasteiger charge is -2.20. The standard InChI is InChI=1S/C15H19N3O3/c1-3-4-10-18(11-12-8-6-5-7-9-12)14(19)13(17-16)15(20)21-2/h5-9H,3-4,10-11H2,1-2H3. The van der Waals surface area contributed by atoms with Crippen LogP contribution in [0.25, 0.3) is 5.53 Å². The van der Waals surface area contributed by atoms with Gasteiger partial charge in [-0.1, -0.05) is 43.7 Å². The van der Waals surface area contributed by atoms with Gasteiger partial charge in [-0.05, 0) is 12.0 Å². The summed E-state index contributed by atoms with van der Waals surface area (Å²) in [7, 11) is 1.13. The molecule has 1 rings (SSSR count). The number of nitrogens with zero attached hydrogens (tertiary/aromatic N) is 3. The summed E-state index contributed by atoms with van der Waals surface area (Å²) in [5, 5.41) is 0. The fourth-order valence-electron chi connectivity index (χ4n) is 1.82. The lowest BCUT2D eigenvalue weighted by atomic mass is 10.2. The Kier molecular flexibility index (Phi) is 6.84. The van der Waals surface area contributed by atoms with Crippen molar-refractivity contribution in [1.29, 1.82) is 0 Å². The zero-order chi connectivity index (χ0) is 15.7. The molecule has 0 aromatic heterocycles. The second kappa shape index (κ2) is 8.66. The Morgan fingerprint density at radius 2 is 1.95 bits per heavy atom. The van der Waals surface area contributed by atoms with Crippen LogP contribution in [0.1, 0.15) is 25.3 Å². The molecule has 0 radical (unpaired) electrons. The maximum atomic E-state index is 12.3. The van der Waals surface area contributed by atoms with E-state index < -0.39 is 17.6 Å². The van der Waals surface area contributed by atoms with Gasteiger partial charge in [0.1, 0.15) is 0 Å². The summed E-state index contributed by atoms with van der Waals surface area (Å²) >= 11 is 0. The molecule has 0 fully saturated rings. The number of unbranched alkanes of at least 4 members (excludes halogenated alkanes) is 1. The molecule has 6 nitrogen and oxygen atoms in total. The Balaban J connectivity index is 2.93. The minimum atomic E-state index is -0.947. The van der Waals surface area contributed by atoms with E-state index in [1.54, 1.807) is 0 Å². The predicted octanol–water partition coefficient (Wildman–Crippen LogP) is 1.66. The molecule has 0 unspecified atom stereocenters. The first-order valence-corrected chi connectivity index (χ1v) is 6.77. The Hall–Kier alpha value is -2.46. The zero-order valence-electron chi connectivity index (χ0n) is 12.3. The number of hydrogen-bond acceptors (Lipinski definition) is 3. The van der Waals surface area contributed by atoms with E-state index in [-0.39, 0.29) is 0 Å². The molecule has 0 saturated heterocycles. The molecule has 0 atom stereocenters. The summed E-state index contributed by atoms with van der Waals surface area (Å²) in [6.07, 6.45) is 1.70. The lowest BCUT2D eigenvalue weighted by Crippen LogP contribution is -2.41. The van der Waals surface area contributed by atoms with E-state index in [0.29, 0.717) is 13.1 Å². The molecule has 0 N–H and O–H groups in total. The van der Waals surface area contributed by atoms with Gasteiger partial charge < -0.3 is 15.2 Å². The summed E-state index contributed by atoms with van der Waals surface area (Å²) in [6, 6.07) is 9.41. The number of methoxy groups -OCH3 is 1. The molecule has 0 heterocycles. The number of amides is 1. The quantitative estimate of drug-likeness (QED) is 0.251. The van der Waals surface area contributed by atoms with Crippen LogP contribution in [0.2, 0.25) is 0 Å². The van der Waals surface area contributed by atoms with E-state index >= 15 is 0 Å². The van der Waals surface area contributed by atoms with Crippen molar-refractivity contribution >= 4 is 17.6 Å². The highest BCUT2D eigenvalue weighted by molar-refractivity contribution is 6.61. The Bertz CT molecular complexity index is 536. The Morgan fingerprint density at radius 3 is 2.48 bits per heavy atom. The molecule has 112 valence electrons. The van der Waals surface area contributed by atoms with Crippen LogP contribution in [0.5, 0.6) is 0 Å². The molecule has 0 saturated carbocycles. The SMILES string of the molecule is CCCCN(Cc1ccccc1)C(=O)C(=[N+]=[N-])C(=O)OC. The summed E-state index contributed by atoms with van der Waals surface area (Å²) in [4.78, 5) is 28.0. The van der Waals surface area contributed by atoms with Gasteiger partial charge in [0.2, 0.25) is 0 Å². The smallest absolute Gasteiger partial charge is 0.460 e. The Labute approximate surface area is 123 Å². The molecule has 1 amide bonds. The van der Waals surface area contributed by atoms with Gasteiger partial charge in [0.15, 0.2) is 0 Å². The number of benzene rings is 1. The number of carbonyl (C=O) groups is 2.